The van der Waals surface area contributed by atoms with Gasteiger partial charge in [-0.05, 0) is 50.0 Å². The zero-order chi connectivity index (χ0) is 15.1. The molecule has 1 N–H and O–H groups in total. The molecule has 0 bridgehead atoms. The summed E-state index contributed by atoms with van der Waals surface area (Å²) in [5.41, 5.74) is 1.74. The molecule has 3 nitrogen and oxygen atoms in total. The highest BCUT2D eigenvalue weighted by atomic mass is 35.5. The summed E-state index contributed by atoms with van der Waals surface area (Å²) in [6, 6.07) is 8.33. The third-order valence-electron chi connectivity index (χ3n) is 4.01. The average Bonchev–Trinajstić information content (AvgIpc) is 2.50. The van der Waals surface area contributed by atoms with Gasteiger partial charge in [0.25, 0.3) is 0 Å². The Kier molecular flexibility index (Phi) is 6.50. The summed E-state index contributed by atoms with van der Waals surface area (Å²) < 4.78 is 0. The van der Waals surface area contributed by atoms with Gasteiger partial charge in [-0.3, -0.25) is 4.90 Å². The van der Waals surface area contributed by atoms with Crippen LogP contribution in [0.2, 0.25) is 5.02 Å². The molecule has 0 aromatic heterocycles. The fourth-order valence-electron chi connectivity index (χ4n) is 2.93. The Morgan fingerprint density at radius 3 is 2.90 bits per heavy atom. The molecule has 1 atom stereocenters. The van der Waals surface area contributed by atoms with Crippen LogP contribution in [-0.4, -0.2) is 30.6 Å². The number of nitrogens with one attached hydrogen (secondary N) is 1. The van der Waals surface area contributed by atoms with Crippen molar-refractivity contribution in [2.45, 2.75) is 45.2 Å². The second-order valence-corrected chi connectivity index (χ2v) is 6.21. The van der Waals surface area contributed by atoms with E-state index in [1.807, 2.05) is 12.1 Å². The lowest BCUT2D eigenvalue weighted by Crippen LogP contribution is -2.43. The average molecular weight is 306 g/mol. The number of piperidine rings is 1. The first kappa shape index (κ1) is 16.3. The molecule has 0 radical (unpaired) electrons. The first-order valence-corrected chi connectivity index (χ1v) is 8.25. The summed E-state index contributed by atoms with van der Waals surface area (Å²) >= 11 is 6.30. The molecule has 1 heterocycles. The van der Waals surface area contributed by atoms with E-state index < -0.39 is 0 Å². The maximum atomic E-state index is 8.91. The Labute approximate surface area is 132 Å². The molecule has 0 amide bonds. The molecule has 2 rings (SSSR count). The number of halogens is 1. The van der Waals surface area contributed by atoms with E-state index in [9.17, 15) is 0 Å². The Morgan fingerprint density at radius 1 is 1.43 bits per heavy atom. The van der Waals surface area contributed by atoms with Gasteiger partial charge in [0.2, 0.25) is 0 Å². The molecule has 114 valence electrons. The van der Waals surface area contributed by atoms with Crippen LogP contribution in [-0.2, 0) is 6.54 Å². The van der Waals surface area contributed by atoms with E-state index in [2.05, 4.69) is 23.2 Å². The molecule has 0 spiro atoms. The van der Waals surface area contributed by atoms with Crippen molar-refractivity contribution in [3.8, 4) is 6.07 Å². The molecule has 1 aromatic rings. The predicted octanol–water partition coefficient (Wildman–Crippen LogP) is 3.57. The highest BCUT2D eigenvalue weighted by Crippen LogP contribution is 2.20. The maximum Gasteiger partial charge on any atom is 0.0992 e. The molecule has 1 aromatic carbocycles. The number of nitrogens with zero attached hydrogens (tertiary/aromatic N) is 2. The Bertz CT molecular complexity index is 489. The van der Waals surface area contributed by atoms with Gasteiger partial charge in [-0.25, -0.2) is 0 Å². The fourth-order valence-corrected chi connectivity index (χ4v) is 3.17. The second-order valence-electron chi connectivity index (χ2n) is 5.80. The second kappa shape index (κ2) is 8.38. The van der Waals surface area contributed by atoms with Crippen molar-refractivity contribution in [1.82, 2.24) is 10.2 Å². The van der Waals surface area contributed by atoms with Crippen LogP contribution >= 0.6 is 11.6 Å². The van der Waals surface area contributed by atoms with Gasteiger partial charge >= 0.3 is 0 Å². The van der Waals surface area contributed by atoms with Crippen LogP contribution in [0.5, 0.6) is 0 Å². The molecule has 1 unspecified atom stereocenters. The van der Waals surface area contributed by atoms with Crippen LogP contribution in [0.15, 0.2) is 18.2 Å². The minimum Gasteiger partial charge on any atom is -0.313 e. The van der Waals surface area contributed by atoms with Gasteiger partial charge in [0.15, 0.2) is 0 Å². The number of hydrogen-bond donors (Lipinski definition) is 1. The van der Waals surface area contributed by atoms with Crippen molar-refractivity contribution < 1.29 is 0 Å². The van der Waals surface area contributed by atoms with E-state index in [0.29, 0.717) is 16.6 Å². The zero-order valence-electron chi connectivity index (χ0n) is 12.7. The number of rotatable bonds is 6. The Morgan fingerprint density at radius 2 is 2.29 bits per heavy atom. The topological polar surface area (TPSA) is 39.1 Å². The van der Waals surface area contributed by atoms with Crippen molar-refractivity contribution in [3.05, 3.63) is 34.3 Å². The first-order valence-electron chi connectivity index (χ1n) is 7.87. The third kappa shape index (κ3) is 5.00. The van der Waals surface area contributed by atoms with Crippen LogP contribution in [0.4, 0.5) is 0 Å². The van der Waals surface area contributed by atoms with Gasteiger partial charge in [-0.1, -0.05) is 31.0 Å². The van der Waals surface area contributed by atoms with E-state index in [1.165, 1.54) is 19.3 Å². The van der Waals surface area contributed by atoms with Crippen molar-refractivity contribution in [2.24, 2.45) is 0 Å². The van der Waals surface area contributed by atoms with Crippen LogP contribution in [0.25, 0.3) is 0 Å². The summed E-state index contributed by atoms with van der Waals surface area (Å²) in [6.45, 7) is 6.36. The fraction of sp³-hybridized carbons (Fsp3) is 0.588. The van der Waals surface area contributed by atoms with Crippen molar-refractivity contribution in [1.29, 1.82) is 5.26 Å². The van der Waals surface area contributed by atoms with E-state index in [1.54, 1.807) is 6.07 Å². The van der Waals surface area contributed by atoms with E-state index in [-0.39, 0.29) is 0 Å². The molecule has 21 heavy (non-hydrogen) atoms. The Balaban J connectivity index is 1.99. The van der Waals surface area contributed by atoms with Crippen molar-refractivity contribution in [3.63, 3.8) is 0 Å². The minimum atomic E-state index is 0.599. The summed E-state index contributed by atoms with van der Waals surface area (Å²) in [7, 11) is 0. The molecular weight excluding hydrogens is 282 g/mol. The molecule has 1 saturated heterocycles. The first-order chi connectivity index (χ1) is 10.2. The maximum absolute atomic E-state index is 8.91. The molecule has 1 fully saturated rings. The standard InChI is InChI=1S/C17H24ClN3/c1-2-9-21(13-16-5-3-4-8-20-16)12-15-7-6-14(11-19)10-17(15)18/h6-7,10,16,20H,2-5,8-9,12-13H2,1H3. The van der Waals surface area contributed by atoms with Crippen LogP contribution in [0.3, 0.4) is 0 Å². The lowest BCUT2D eigenvalue weighted by molar-refractivity contribution is 0.217. The molecule has 1 aliphatic rings. The van der Waals surface area contributed by atoms with E-state index in [0.717, 1.165) is 38.2 Å². The molecule has 1 aliphatic heterocycles. The van der Waals surface area contributed by atoms with Gasteiger partial charge in [-0.2, -0.15) is 5.26 Å². The SMILES string of the molecule is CCCN(Cc1ccc(C#N)cc1Cl)CC1CCCCN1. The smallest absolute Gasteiger partial charge is 0.0992 e. The van der Waals surface area contributed by atoms with E-state index >= 15 is 0 Å². The summed E-state index contributed by atoms with van der Waals surface area (Å²) in [6.07, 6.45) is 5.03. The normalized spacial score (nSPS) is 18.7. The van der Waals surface area contributed by atoms with Crippen LogP contribution < -0.4 is 5.32 Å². The quantitative estimate of drug-likeness (QED) is 0.873. The molecular formula is C17H24ClN3. The zero-order valence-corrected chi connectivity index (χ0v) is 13.5. The summed E-state index contributed by atoms with van der Waals surface area (Å²) in [4.78, 5) is 2.47. The largest absolute Gasteiger partial charge is 0.313 e. The molecule has 0 saturated carbocycles. The minimum absolute atomic E-state index is 0.599. The third-order valence-corrected chi connectivity index (χ3v) is 4.36. The number of nitriles is 1. The monoisotopic (exact) mass is 305 g/mol. The van der Waals surface area contributed by atoms with Crippen LogP contribution in [0.1, 0.15) is 43.7 Å². The van der Waals surface area contributed by atoms with Gasteiger partial charge in [0.1, 0.15) is 0 Å². The van der Waals surface area contributed by atoms with Gasteiger partial charge in [0, 0.05) is 24.2 Å². The van der Waals surface area contributed by atoms with Crippen LogP contribution in [0, 0.1) is 11.3 Å². The van der Waals surface area contributed by atoms with Crippen molar-refractivity contribution >= 4 is 11.6 Å². The van der Waals surface area contributed by atoms with Gasteiger partial charge in [-0.15, -0.1) is 0 Å². The molecule has 4 heteroatoms. The van der Waals surface area contributed by atoms with Gasteiger partial charge in [0.05, 0.1) is 11.6 Å². The Hall–Kier alpha value is -1.08. The predicted molar refractivity (Wildman–Crippen MR) is 87.4 cm³/mol. The molecule has 0 aliphatic carbocycles. The summed E-state index contributed by atoms with van der Waals surface area (Å²) in [5.74, 6) is 0. The van der Waals surface area contributed by atoms with Crippen molar-refractivity contribution in [2.75, 3.05) is 19.6 Å². The lowest BCUT2D eigenvalue weighted by Gasteiger charge is -2.30. The van der Waals surface area contributed by atoms with E-state index in [4.69, 9.17) is 16.9 Å². The highest BCUT2D eigenvalue weighted by Gasteiger charge is 2.17. The lowest BCUT2D eigenvalue weighted by atomic mass is 10.0. The summed E-state index contributed by atoms with van der Waals surface area (Å²) in [5, 5.41) is 13.2. The van der Waals surface area contributed by atoms with Gasteiger partial charge < -0.3 is 5.32 Å². The highest BCUT2D eigenvalue weighted by molar-refractivity contribution is 6.31. The number of benzene rings is 1. The number of hydrogen-bond acceptors (Lipinski definition) is 3.